The van der Waals surface area contributed by atoms with Crippen LogP contribution in [0, 0.1) is 11.7 Å². The van der Waals surface area contributed by atoms with Gasteiger partial charge >= 0.3 is 6.03 Å². The fraction of sp³-hybridized carbons (Fsp3) is 0.300. The lowest BCUT2D eigenvalue weighted by Gasteiger charge is -2.18. The van der Waals surface area contributed by atoms with Crippen molar-refractivity contribution in [3.63, 3.8) is 0 Å². The number of hydrogen-bond donors (Lipinski definition) is 2. The second-order valence-corrected chi connectivity index (χ2v) is 9.25. The van der Waals surface area contributed by atoms with Gasteiger partial charge in [-0.1, -0.05) is 30.8 Å². The maximum atomic E-state index is 14.6. The van der Waals surface area contributed by atoms with E-state index >= 15 is 0 Å². The van der Waals surface area contributed by atoms with Gasteiger partial charge in [0.05, 0.1) is 16.8 Å². The fourth-order valence-electron chi connectivity index (χ4n) is 3.62. The number of amides is 3. The molecule has 0 saturated carbocycles. The Labute approximate surface area is 179 Å². The van der Waals surface area contributed by atoms with Gasteiger partial charge in [0, 0.05) is 4.88 Å². The zero-order valence-electron chi connectivity index (χ0n) is 16.1. The summed E-state index contributed by atoms with van der Waals surface area (Å²) >= 11 is 2.43. The highest BCUT2D eigenvalue weighted by molar-refractivity contribution is 7.99. The summed E-state index contributed by atoms with van der Waals surface area (Å²) in [5.74, 6) is -0.855. The fourth-order valence-corrected chi connectivity index (χ4v) is 5.85. The van der Waals surface area contributed by atoms with E-state index in [0.29, 0.717) is 16.1 Å². The van der Waals surface area contributed by atoms with Crippen LogP contribution in [0.15, 0.2) is 34.2 Å². The Kier molecular flexibility index (Phi) is 5.61. The number of aromatic nitrogens is 2. The number of nitrogens with one attached hydrogen (secondary N) is 1. The van der Waals surface area contributed by atoms with Crippen molar-refractivity contribution >= 4 is 45.3 Å². The maximum Gasteiger partial charge on any atom is 0.318 e. The Morgan fingerprint density at radius 2 is 2.17 bits per heavy atom. The predicted octanol–water partition coefficient (Wildman–Crippen LogP) is 3.00. The number of primary amides is 1. The summed E-state index contributed by atoms with van der Waals surface area (Å²) in [6.07, 6.45) is 2.67. The van der Waals surface area contributed by atoms with E-state index in [1.807, 2.05) is 5.32 Å². The number of halogens is 1. The molecule has 4 rings (SSSR count). The summed E-state index contributed by atoms with van der Waals surface area (Å²) in [6, 6.07) is 4.98. The van der Waals surface area contributed by atoms with Gasteiger partial charge in [-0.2, -0.15) is 0 Å². The number of carbonyl (C=O) groups excluding carboxylic acids is 2. The number of thioether (sulfide) groups is 1. The van der Waals surface area contributed by atoms with Gasteiger partial charge in [0.15, 0.2) is 5.16 Å². The van der Waals surface area contributed by atoms with Crippen molar-refractivity contribution in [2.24, 2.45) is 11.7 Å². The molecule has 0 radical (unpaired) electrons. The number of hydrogen-bond acceptors (Lipinski definition) is 6. The topological polar surface area (TPSA) is 107 Å². The van der Waals surface area contributed by atoms with Gasteiger partial charge in [0.2, 0.25) is 5.91 Å². The third kappa shape index (κ3) is 3.84. The van der Waals surface area contributed by atoms with Crippen LogP contribution in [-0.2, 0) is 17.6 Å². The average Bonchev–Trinajstić information content (AvgIpc) is 3.04. The molecule has 0 spiro atoms. The Balaban J connectivity index is 1.87. The minimum atomic E-state index is -0.962. The lowest BCUT2D eigenvalue weighted by atomic mass is 9.89. The number of urea groups is 1. The van der Waals surface area contributed by atoms with E-state index in [0.717, 1.165) is 41.5 Å². The highest BCUT2D eigenvalue weighted by Crippen LogP contribution is 2.37. The number of imide groups is 1. The van der Waals surface area contributed by atoms with Gasteiger partial charge in [0.1, 0.15) is 10.6 Å². The van der Waals surface area contributed by atoms with Crippen LogP contribution in [0.2, 0.25) is 0 Å². The molecular weight excluding hydrogens is 427 g/mol. The first-order valence-electron chi connectivity index (χ1n) is 9.39. The molecular formula is C20H19FN4O3S2. The van der Waals surface area contributed by atoms with Crippen molar-refractivity contribution in [1.82, 2.24) is 14.9 Å². The van der Waals surface area contributed by atoms with Crippen LogP contribution < -0.4 is 16.6 Å². The molecule has 0 bridgehead atoms. The number of para-hydroxylation sites is 1. The van der Waals surface area contributed by atoms with Gasteiger partial charge in [-0.25, -0.2) is 14.2 Å². The molecule has 0 unspecified atom stereocenters. The standard InChI is InChI=1S/C20H19FN4O3S2/c1-10-6-7-11-14(8-10)30-17-16(11)18(27)25(13-5-3-2-4-12(13)21)20(24-17)29-9-15(26)23-19(22)28/h2-5,10H,6-9H2,1H3,(H3,22,23,26,28)/t10-/m1/s1. The predicted molar refractivity (Wildman–Crippen MR) is 115 cm³/mol. The number of thiophene rings is 1. The average molecular weight is 447 g/mol. The molecule has 7 nitrogen and oxygen atoms in total. The number of carbonyl (C=O) groups is 2. The van der Waals surface area contributed by atoms with E-state index < -0.39 is 17.8 Å². The summed E-state index contributed by atoms with van der Waals surface area (Å²) < 4.78 is 15.8. The molecule has 0 aliphatic heterocycles. The summed E-state index contributed by atoms with van der Waals surface area (Å²) in [5.41, 5.74) is 5.69. The number of aryl methyl sites for hydroxylation is 1. The lowest BCUT2D eigenvalue weighted by molar-refractivity contribution is -0.117. The molecule has 1 aliphatic carbocycles. The first-order valence-corrected chi connectivity index (χ1v) is 11.2. The van der Waals surface area contributed by atoms with Crippen molar-refractivity contribution in [3.8, 4) is 5.69 Å². The zero-order chi connectivity index (χ0) is 21.4. The van der Waals surface area contributed by atoms with Crippen molar-refractivity contribution in [1.29, 1.82) is 0 Å². The van der Waals surface area contributed by atoms with Gasteiger partial charge in [-0.3, -0.25) is 19.5 Å². The molecule has 30 heavy (non-hydrogen) atoms. The first kappa shape index (κ1) is 20.5. The van der Waals surface area contributed by atoms with E-state index in [1.54, 1.807) is 6.07 Å². The summed E-state index contributed by atoms with van der Waals surface area (Å²) in [4.78, 5) is 42.6. The number of fused-ring (bicyclic) bond motifs is 3. The molecule has 0 saturated heterocycles. The minimum absolute atomic E-state index is 0.0684. The van der Waals surface area contributed by atoms with Crippen molar-refractivity contribution in [3.05, 3.63) is 50.9 Å². The number of rotatable bonds is 4. The molecule has 156 valence electrons. The molecule has 0 fully saturated rings. The maximum absolute atomic E-state index is 14.6. The van der Waals surface area contributed by atoms with Crippen LogP contribution in [-0.4, -0.2) is 27.2 Å². The van der Waals surface area contributed by atoms with Crippen LogP contribution in [0.3, 0.4) is 0 Å². The smallest absolute Gasteiger partial charge is 0.318 e. The van der Waals surface area contributed by atoms with Crippen molar-refractivity contribution < 1.29 is 14.0 Å². The number of benzene rings is 1. The van der Waals surface area contributed by atoms with Crippen LogP contribution in [0.4, 0.5) is 9.18 Å². The minimum Gasteiger partial charge on any atom is -0.351 e. The second-order valence-electron chi connectivity index (χ2n) is 7.22. The second kappa shape index (κ2) is 8.19. The van der Waals surface area contributed by atoms with Crippen LogP contribution in [0.1, 0.15) is 23.8 Å². The molecule has 1 atom stereocenters. The third-order valence-corrected chi connectivity index (χ3v) is 7.07. The third-order valence-electron chi connectivity index (χ3n) is 4.99. The van der Waals surface area contributed by atoms with Crippen molar-refractivity contribution in [2.75, 3.05) is 5.75 Å². The molecule has 1 aliphatic rings. The van der Waals surface area contributed by atoms with Gasteiger partial charge in [-0.05, 0) is 42.9 Å². The Morgan fingerprint density at radius 1 is 1.40 bits per heavy atom. The summed E-state index contributed by atoms with van der Waals surface area (Å²) in [6.45, 7) is 2.18. The molecule has 3 aromatic rings. The number of nitrogens with zero attached hydrogens (tertiary/aromatic N) is 2. The SMILES string of the molecule is C[C@@H]1CCc2c(sc3nc(SCC(=O)NC(N)=O)n(-c4ccccc4F)c(=O)c23)C1. The highest BCUT2D eigenvalue weighted by atomic mass is 32.2. The van der Waals surface area contributed by atoms with Crippen LogP contribution >= 0.6 is 23.1 Å². The van der Waals surface area contributed by atoms with E-state index in [9.17, 15) is 18.8 Å². The van der Waals surface area contributed by atoms with Crippen molar-refractivity contribution in [2.45, 2.75) is 31.3 Å². The van der Waals surface area contributed by atoms with Crippen LogP contribution in [0.5, 0.6) is 0 Å². The number of nitrogens with two attached hydrogens (primary N) is 1. The summed E-state index contributed by atoms with van der Waals surface area (Å²) in [5, 5.41) is 2.68. The van der Waals surface area contributed by atoms with E-state index in [4.69, 9.17) is 5.73 Å². The Bertz CT molecular complexity index is 1220. The molecule has 2 aromatic heterocycles. The zero-order valence-corrected chi connectivity index (χ0v) is 17.7. The van der Waals surface area contributed by atoms with E-state index in [1.165, 1.54) is 34.1 Å². The molecule has 3 amide bonds. The monoisotopic (exact) mass is 446 g/mol. The lowest BCUT2D eigenvalue weighted by Crippen LogP contribution is -2.36. The highest BCUT2D eigenvalue weighted by Gasteiger charge is 2.26. The van der Waals surface area contributed by atoms with Gasteiger partial charge in [0.25, 0.3) is 5.56 Å². The molecule has 1 aromatic carbocycles. The molecule has 3 N–H and O–H groups in total. The first-order chi connectivity index (χ1) is 14.3. The van der Waals surface area contributed by atoms with Gasteiger partial charge in [-0.15, -0.1) is 11.3 Å². The van der Waals surface area contributed by atoms with Gasteiger partial charge < -0.3 is 5.73 Å². The largest absolute Gasteiger partial charge is 0.351 e. The van der Waals surface area contributed by atoms with E-state index in [-0.39, 0.29) is 22.2 Å². The summed E-state index contributed by atoms with van der Waals surface area (Å²) in [7, 11) is 0. The molecule has 2 heterocycles. The Morgan fingerprint density at radius 3 is 2.90 bits per heavy atom. The quantitative estimate of drug-likeness (QED) is 0.473. The van der Waals surface area contributed by atoms with Crippen LogP contribution in [0.25, 0.3) is 15.9 Å². The Hall–Kier alpha value is -2.72. The van der Waals surface area contributed by atoms with E-state index in [2.05, 4.69) is 11.9 Å². The molecule has 10 heteroatoms. The normalized spacial score (nSPS) is 15.7.